The molecule has 0 spiro atoms. The molecule has 0 bridgehead atoms. The first-order valence-electron chi connectivity index (χ1n) is 12.9. The van der Waals surface area contributed by atoms with Crippen molar-refractivity contribution in [3.63, 3.8) is 0 Å². The van der Waals surface area contributed by atoms with Crippen molar-refractivity contribution >= 4 is 21.7 Å². The van der Waals surface area contributed by atoms with Crippen LogP contribution < -0.4 is 11.1 Å². The van der Waals surface area contributed by atoms with Gasteiger partial charge in [0.1, 0.15) is 5.69 Å². The summed E-state index contributed by atoms with van der Waals surface area (Å²) in [6, 6.07) is 8.89. The Hall–Kier alpha value is -3.23. The number of amides is 2. The van der Waals surface area contributed by atoms with Crippen LogP contribution in [0.25, 0.3) is 0 Å². The minimum Gasteiger partial charge on any atom is -0.347 e. The Balaban J connectivity index is 1.47. The average Bonchev–Trinajstić information content (AvgIpc) is 3.59. The third kappa shape index (κ3) is 5.07. The Bertz CT molecular complexity index is 1380. The van der Waals surface area contributed by atoms with Crippen LogP contribution in [-0.4, -0.2) is 63.5 Å². The number of hydrogen-bond donors (Lipinski definition) is 2. The second kappa shape index (κ2) is 10.2. The molecule has 0 radical (unpaired) electrons. The fraction of sp³-hybridized carbons (Fsp3) is 0.556. The molecule has 4 rings (SSSR count). The molecule has 0 saturated heterocycles. The molecule has 1 aliphatic carbocycles. The number of sulfone groups is 1. The van der Waals surface area contributed by atoms with E-state index in [2.05, 4.69) is 16.5 Å². The number of nitrogens with two attached hydrogens (primary N) is 1. The zero-order valence-electron chi connectivity index (χ0n) is 22.5. The molecular formula is C27H36N6O4S. The molecule has 10 nitrogen and oxygen atoms in total. The number of nitriles is 1. The minimum atomic E-state index is -3.53. The van der Waals surface area contributed by atoms with E-state index >= 15 is 0 Å². The van der Waals surface area contributed by atoms with Crippen molar-refractivity contribution in [1.29, 1.82) is 5.26 Å². The van der Waals surface area contributed by atoms with E-state index in [0.717, 1.165) is 5.56 Å². The van der Waals surface area contributed by atoms with Gasteiger partial charge in [-0.3, -0.25) is 14.3 Å². The number of aryl methyl sites for hydroxylation is 1. The van der Waals surface area contributed by atoms with Gasteiger partial charge in [-0.05, 0) is 70.6 Å². The van der Waals surface area contributed by atoms with Crippen molar-refractivity contribution in [2.45, 2.75) is 75.0 Å². The molecule has 204 valence electrons. The molecule has 1 aromatic carbocycles. The lowest BCUT2D eigenvalue weighted by molar-refractivity contribution is 0.0724. The van der Waals surface area contributed by atoms with Crippen LogP contribution in [0.15, 0.2) is 24.3 Å². The number of rotatable bonds is 10. The molecule has 1 fully saturated rings. The van der Waals surface area contributed by atoms with E-state index in [-0.39, 0.29) is 36.6 Å². The first-order chi connectivity index (χ1) is 17.8. The Morgan fingerprint density at radius 2 is 1.95 bits per heavy atom. The van der Waals surface area contributed by atoms with Gasteiger partial charge in [0.05, 0.1) is 21.1 Å². The summed E-state index contributed by atoms with van der Waals surface area (Å²) in [5.74, 6) is -0.688. The molecule has 3 N–H and O–H groups in total. The van der Waals surface area contributed by atoms with E-state index < -0.39 is 19.3 Å². The minimum absolute atomic E-state index is 0.0814. The van der Waals surface area contributed by atoms with Crippen LogP contribution in [-0.2, 0) is 29.9 Å². The van der Waals surface area contributed by atoms with Gasteiger partial charge in [0, 0.05) is 38.3 Å². The molecule has 1 aliphatic heterocycles. The summed E-state index contributed by atoms with van der Waals surface area (Å²) in [6.07, 6.45) is 2.55. The summed E-state index contributed by atoms with van der Waals surface area (Å²) in [5.41, 5.74) is 8.36. The number of benzene rings is 1. The fourth-order valence-corrected chi connectivity index (χ4v) is 7.69. The number of nitrogens with one attached hydrogen (secondary N) is 1. The standard InChI is InChI=1S/C27H36N6O4S/c1-18(29)9-11-26(2,3)38(36,37)27(12-13-27)17-33-14-10-21-22(31-32(4)23(21)25(33)35)24(34)30-16-20-7-5-19(15-28)6-8-20/h5-8,18H,9-14,16-17,29H2,1-4H3,(H,30,34)/t18-/m0/s1. The summed E-state index contributed by atoms with van der Waals surface area (Å²) in [6.45, 7) is 6.10. The van der Waals surface area contributed by atoms with Crippen molar-refractivity contribution < 1.29 is 18.0 Å². The zero-order chi connectivity index (χ0) is 27.9. The van der Waals surface area contributed by atoms with Gasteiger partial charge < -0.3 is 16.0 Å². The molecule has 2 amide bonds. The molecule has 38 heavy (non-hydrogen) atoms. The van der Waals surface area contributed by atoms with Gasteiger partial charge in [-0.2, -0.15) is 10.4 Å². The van der Waals surface area contributed by atoms with Gasteiger partial charge in [-0.1, -0.05) is 12.1 Å². The maximum atomic E-state index is 13.7. The van der Waals surface area contributed by atoms with Crippen LogP contribution >= 0.6 is 0 Å². The van der Waals surface area contributed by atoms with Crippen LogP contribution in [0.2, 0.25) is 0 Å². The number of aromatic nitrogens is 2. The predicted octanol–water partition coefficient (Wildman–Crippen LogP) is 2.07. The molecule has 0 unspecified atom stereocenters. The largest absolute Gasteiger partial charge is 0.347 e. The van der Waals surface area contributed by atoms with E-state index in [9.17, 15) is 18.0 Å². The van der Waals surface area contributed by atoms with Crippen molar-refractivity contribution in [2.75, 3.05) is 13.1 Å². The third-order valence-electron chi connectivity index (χ3n) is 7.80. The molecule has 11 heteroatoms. The maximum Gasteiger partial charge on any atom is 0.272 e. The van der Waals surface area contributed by atoms with E-state index in [1.54, 1.807) is 50.1 Å². The highest BCUT2D eigenvalue weighted by Crippen LogP contribution is 2.50. The summed E-state index contributed by atoms with van der Waals surface area (Å²) in [5, 5.41) is 16.1. The molecule has 1 aromatic heterocycles. The predicted molar refractivity (Wildman–Crippen MR) is 143 cm³/mol. The van der Waals surface area contributed by atoms with Crippen LogP contribution in [0.4, 0.5) is 0 Å². The summed E-state index contributed by atoms with van der Waals surface area (Å²) < 4.78 is 26.9. The summed E-state index contributed by atoms with van der Waals surface area (Å²) in [7, 11) is -1.91. The van der Waals surface area contributed by atoms with E-state index in [0.29, 0.717) is 55.5 Å². The molecule has 1 saturated carbocycles. The number of nitrogens with zero attached hydrogens (tertiary/aromatic N) is 4. The molecule has 1 atom stereocenters. The second-order valence-corrected chi connectivity index (χ2v) is 14.2. The molecular weight excluding hydrogens is 504 g/mol. The lowest BCUT2D eigenvalue weighted by Crippen LogP contribution is -2.50. The van der Waals surface area contributed by atoms with Crippen LogP contribution in [0.5, 0.6) is 0 Å². The highest BCUT2D eigenvalue weighted by atomic mass is 32.2. The van der Waals surface area contributed by atoms with Gasteiger partial charge in [-0.25, -0.2) is 8.42 Å². The summed E-state index contributed by atoms with van der Waals surface area (Å²) >= 11 is 0. The third-order valence-corrected chi connectivity index (χ3v) is 11.1. The lowest BCUT2D eigenvalue weighted by Gasteiger charge is -2.35. The highest BCUT2D eigenvalue weighted by molar-refractivity contribution is 7.94. The lowest BCUT2D eigenvalue weighted by atomic mass is 10.0. The van der Waals surface area contributed by atoms with E-state index in [1.165, 1.54) is 4.68 Å². The SMILES string of the molecule is C[C@H](N)CCC(C)(C)S(=O)(=O)C1(CN2CCc3c(C(=O)NCc4ccc(C#N)cc4)nn(C)c3C2=O)CC1. The maximum absolute atomic E-state index is 13.7. The van der Waals surface area contributed by atoms with Crippen molar-refractivity contribution in [3.8, 4) is 6.07 Å². The Morgan fingerprint density at radius 1 is 1.29 bits per heavy atom. The van der Waals surface area contributed by atoms with Gasteiger partial charge in [0.25, 0.3) is 11.8 Å². The fourth-order valence-electron chi connectivity index (χ4n) is 5.16. The van der Waals surface area contributed by atoms with E-state index in [1.807, 2.05) is 6.92 Å². The molecule has 2 aliphatic rings. The monoisotopic (exact) mass is 540 g/mol. The van der Waals surface area contributed by atoms with Crippen LogP contribution in [0.1, 0.15) is 84.1 Å². The molecule has 2 heterocycles. The topological polar surface area (TPSA) is 151 Å². The van der Waals surface area contributed by atoms with Crippen molar-refractivity contribution in [3.05, 3.63) is 52.3 Å². The smallest absolute Gasteiger partial charge is 0.272 e. The van der Waals surface area contributed by atoms with Crippen LogP contribution in [0, 0.1) is 11.3 Å². The van der Waals surface area contributed by atoms with Crippen molar-refractivity contribution in [2.24, 2.45) is 12.8 Å². The number of hydrogen-bond acceptors (Lipinski definition) is 7. The number of carbonyl (C=O) groups excluding carboxylic acids is 2. The Kier molecular flexibility index (Phi) is 7.43. The Morgan fingerprint density at radius 3 is 2.53 bits per heavy atom. The van der Waals surface area contributed by atoms with Gasteiger partial charge >= 0.3 is 0 Å². The second-order valence-electron chi connectivity index (χ2n) is 11.2. The van der Waals surface area contributed by atoms with Crippen molar-refractivity contribution in [1.82, 2.24) is 20.0 Å². The Labute approximate surface area is 224 Å². The van der Waals surface area contributed by atoms with Gasteiger partial charge in [0.15, 0.2) is 15.5 Å². The summed E-state index contributed by atoms with van der Waals surface area (Å²) in [4.78, 5) is 28.1. The molecule has 2 aromatic rings. The zero-order valence-corrected chi connectivity index (χ0v) is 23.3. The van der Waals surface area contributed by atoms with Gasteiger partial charge in [0.2, 0.25) is 0 Å². The average molecular weight is 541 g/mol. The number of carbonyl (C=O) groups is 2. The first kappa shape index (κ1) is 27.8. The van der Waals surface area contributed by atoms with E-state index in [4.69, 9.17) is 11.0 Å². The quantitative estimate of drug-likeness (QED) is 0.468. The van der Waals surface area contributed by atoms with Gasteiger partial charge in [-0.15, -0.1) is 0 Å². The first-order valence-corrected chi connectivity index (χ1v) is 14.4. The normalized spacial score (nSPS) is 17.5. The number of fused-ring (bicyclic) bond motifs is 1. The highest BCUT2D eigenvalue weighted by Gasteiger charge is 2.60. The van der Waals surface area contributed by atoms with Crippen LogP contribution in [0.3, 0.4) is 0 Å².